The zero-order chi connectivity index (χ0) is 19.8. The molecule has 1 aliphatic heterocycles. The van der Waals surface area contributed by atoms with E-state index in [0.29, 0.717) is 16.8 Å². The highest BCUT2D eigenvalue weighted by molar-refractivity contribution is 5.84. The number of piperidine rings is 1. The maximum Gasteiger partial charge on any atom is 0.244 e. The van der Waals surface area contributed by atoms with Crippen LogP contribution >= 0.6 is 0 Å². The van der Waals surface area contributed by atoms with E-state index in [1.807, 2.05) is 29.2 Å². The van der Waals surface area contributed by atoms with E-state index in [1.165, 1.54) is 17.1 Å². The number of benzene rings is 2. The number of rotatable bonds is 3. The van der Waals surface area contributed by atoms with Crippen molar-refractivity contribution in [1.82, 2.24) is 19.7 Å². The van der Waals surface area contributed by atoms with Crippen molar-refractivity contribution in [3.63, 3.8) is 0 Å². The first-order chi connectivity index (χ1) is 14.2. The van der Waals surface area contributed by atoms with Gasteiger partial charge in [0, 0.05) is 35.6 Å². The molecule has 0 unspecified atom stereocenters. The molecule has 1 fully saturated rings. The summed E-state index contributed by atoms with van der Waals surface area (Å²) in [6, 6.07) is 15.7. The Morgan fingerprint density at radius 1 is 1.03 bits per heavy atom. The van der Waals surface area contributed by atoms with Crippen molar-refractivity contribution in [2.75, 3.05) is 13.1 Å². The van der Waals surface area contributed by atoms with Gasteiger partial charge < -0.3 is 9.88 Å². The van der Waals surface area contributed by atoms with Gasteiger partial charge in [-0.3, -0.25) is 14.3 Å². The van der Waals surface area contributed by atoms with Gasteiger partial charge in [0.05, 0.1) is 11.7 Å². The second kappa shape index (κ2) is 7.20. The Labute approximate surface area is 167 Å². The van der Waals surface area contributed by atoms with E-state index < -0.39 is 0 Å². The van der Waals surface area contributed by atoms with Crippen molar-refractivity contribution in [3.8, 4) is 0 Å². The highest BCUT2D eigenvalue weighted by atomic mass is 16.2. The minimum Gasteiger partial charge on any atom is -0.361 e. The molecule has 2 aromatic heterocycles. The Bertz CT molecular complexity index is 1250. The van der Waals surface area contributed by atoms with Crippen LogP contribution in [0.3, 0.4) is 0 Å². The number of carbonyl (C=O) groups is 1. The average molecular weight is 386 g/mol. The lowest BCUT2D eigenvalue weighted by Crippen LogP contribution is -2.40. The third-order valence-electron chi connectivity index (χ3n) is 5.96. The topological polar surface area (TPSA) is 71.0 Å². The third-order valence-corrected chi connectivity index (χ3v) is 5.96. The summed E-state index contributed by atoms with van der Waals surface area (Å²) < 4.78 is 1.63. The zero-order valence-electron chi connectivity index (χ0n) is 16.0. The lowest BCUT2D eigenvalue weighted by Gasteiger charge is -2.32. The van der Waals surface area contributed by atoms with E-state index in [4.69, 9.17) is 0 Å². The summed E-state index contributed by atoms with van der Waals surface area (Å²) in [5, 5.41) is 6.05. The Kier molecular flexibility index (Phi) is 4.39. The monoisotopic (exact) mass is 386 g/mol. The summed E-state index contributed by atoms with van der Waals surface area (Å²) in [5.41, 5.74) is 3.09. The second-order valence-corrected chi connectivity index (χ2v) is 7.63. The predicted octanol–water partition coefficient (Wildman–Crippen LogP) is 3.28. The fraction of sp³-hybridized carbons (Fsp3) is 0.261. The molecule has 0 spiro atoms. The molecule has 2 aromatic carbocycles. The number of likely N-dealkylation sites (tertiary alicyclic amines) is 1. The lowest BCUT2D eigenvalue weighted by molar-refractivity contribution is -0.133. The number of aromatic amines is 1. The van der Waals surface area contributed by atoms with Crippen LogP contribution in [0.1, 0.15) is 24.3 Å². The van der Waals surface area contributed by atoms with Crippen molar-refractivity contribution < 1.29 is 4.79 Å². The van der Waals surface area contributed by atoms with Crippen LogP contribution in [-0.2, 0) is 11.3 Å². The molecule has 146 valence electrons. The van der Waals surface area contributed by atoms with E-state index in [2.05, 4.69) is 34.5 Å². The summed E-state index contributed by atoms with van der Waals surface area (Å²) in [7, 11) is 0. The number of hydrogen-bond acceptors (Lipinski definition) is 3. The molecule has 1 N–H and O–H groups in total. The number of para-hydroxylation sites is 2. The number of nitrogens with zero attached hydrogens (tertiary/aromatic N) is 3. The van der Waals surface area contributed by atoms with Gasteiger partial charge in [-0.1, -0.05) is 30.3 Å². The van der Waals surface area contributed by atoms with E-state index >= 15 is 0 Å². The van der Waals surface area contributed by atoms with Crippen molar-refractivity contribution in [1.29, 1.82) is 0 Å². The number of aromatic nitrogens is 3. The van der Waals surface area contributed by atoms with Gasteiger partial charge in [0.1, 0.15) is 6.54 Å². The zero-order valence-corrected chi connectivity index (χ0v) is 16.0. The van der Waals surface area contributed by atoms with Crippen molar-refractivity contribution in [3.05, 3.63) is 76.7 Å². The quantitative estimate of drug-likeness (QED) is 0.587. The summed E-state index contributed by atoms with van der Waals surface area (Å²) in [5.74, 6) is 0.505. The van der Waals surface area contributed by atoms with Crippen LogP contribution in [0.25, 0.3) is 21.8 Å². The van der Waals surface area contributed by atoms with Gasteiger partial charge >= 0.3 is 0 Å². The highest BCUT2D eigenvalue weighted by Crippen LogP contribution is 2.33. The van der Waals surface area contributed by atoms with E-state index in [9.17, 15) is 9.59 Å². The van der Waals surface area contributed by atoms with Gasteiger partial charge in [0.2, 0.25) is 11.3 Å². The Morgan fingerprint density at radius 2 is 1.76 bits per heavy atom. The molecular weight excluding hydrogens is 364 g/mol. The number of hydrogen-bond donors (Lipinski definition) is 1. The van der Waals surface area contributed by atoms with Crippen molar-refractivity contribution >= 4 is 27.7 Å². The molecule has 0 bridgehead atoms. The summed E-state index contributed by atoms with van der Waals surface area (Å²) in [4.78, 5) is 30.1. The number of H-pyrrole nitrogens is 1. The average Bonchev–Trinajstić information content (AvgIpc) is 3.20. The second-order valence-electron chi connectivity index (χ2n) is 7.63. The minimum absolute atomic E-state index is 0.0451. The number of nitrogens with one attached hydrogen (secondary N) is 1. The van der Waals surface area contributed by atoms with Gasteiger partial charge in [-0.15, -0.1) is 0 Å². The van der Waals surface area contributed by atoms with Gasteiger partial charge in [-0.05, 0) is 42.5 Å². The number of fused-ring (bicyclic) bond motifs is 2. The van der Waals surface area contributed by atoms with E-state index in [-0.39, 0.29) is 17.9 Å². The molecule has 1 amide bonds. The summed E-state index contributed by atoms with van der Waals surface area (Å²) in [6.07, 6.45) is 5.31. The van der Waals surface area contributed by atoms with Gasteiger partial charge in [0.15, 0.2) is 0 Å². The molecule has 4 aromatic rings. The summed E-state index contributed by atoms with van der Waals surface area (Å²) in [6.45, 7) is 1.63. The standard InChI is InChI=1S/C23H22N4O2/c28-22-14-25-27(21-8-4-2-6-18(21)22)15-23(29)26-11-9-16(10-12-26)19-13-24-20-7-3-1-5-17(19)20/h1-8,13-14,16,24H,9-12,15H2. The van der Waals surface area contributed by atoms with E-state index in [1.54, 1.807) is 10.7 Å². The van der Waals surface area contributed by atoms with Gasteiger partial charge in [-0.2, -0.15) is 5.10 Å². The van der Waals surface area contributed by atoms with Crippen LogP contribution in [0.4, 0.5) is 0 Å². The minimum atomic E-state index is -0.121. The van der Waals surface area contributed by atoms with Crippen molar-refractivity contribution in [2.45, 2.75) is 25.3 Å². The molecule has 29 heavy (non-hydrogen) atoms. The Morgan fingerprint density at radius 3 is 2.59 bits per heavy atom. The molecule has 6 nitrogen and oxygen atoms in total. The molecule has 0 saturated carbocycles. The molecule has 6 heteroatoms. The predicted molar refractivity (Wildman–Crippen MR) is 113 cm³/mol. The molecule has 0 radical (unpaired) electrons. The third kappa shape index (κ3) is 3.20. The van der Waals surface area contributed by atoms with Crippen LogP contribution in [-0.4, -0.2) is 38.7 Å². The molecule has 0 atom stereocenters. The SMILES string of the molecule is O=C(Cn1ncc(=O)c2ccccc21)N1CCC(c2c[nH]c3ccccc23)CC1. The van der Waals surface area contributed by atoms with E-state index in [0.717, 1.165) is 31.4 Å². The first-order valence-electron chi connectivity index (χ1n) is 9.99. The molecule has 1 saturated heterocycles. The number of carbonyl (C=O) groups excluding carboxylic acids is 1. The smallest absolute Gasteiger partial charge is 0.244 e. The largest absolute Gasteiger partial charge is 0.361 e. The Hall–Kier alpha value is -3.41. The maximum atomic E-state index is 12.9. The first kappa shape index (κ1) is 17.7. The van der Waals surface area contributed by atoms with Crippen LogP contribution < -0.4 is 5.43 Å². The maximum absolute atomic E-state index is 12.9. The number of amides is 1. The molecule has 5 rings (SSSR count). The normalized spacial score (nSPS) is 15.2. The molecule has 3 heterocycles. The molecule has 0 aliphatic carbocycles. The van der Waals surface area contributed by atoms with Crippen molar-refractivity contribution in [2.24, 2.45) is 0 Å². The van der Waals surface area contributed by atoms with Gasteiger partial charge in [0.25, 0.3) is 0 Å². The van der Waals surface area contributed by atoms with Crippen LogP contribution in [0.15, 0.2) is 65.7 Å². The van der Waals surface area contributed by atoms with Crippen LogP contribution in [0.5, 0.6) is 0 Å². The van der Waals surface area contributed by atoms with Crippen LogP contribution in [0.2, 0.25) is 0 Å². The van der Waals surface area contributed by atoms with Crippen LogP contribution in [0, 0.1) is 0 Å². The fourth-order valence-corrected chi connectivity index (χ4v) is 4.39. The first-order valence-corrected chi connectivity index (χ1v) is 9.99. The fourth-order valence-electron chi connectivity index (χ4n) is 4.39. The lowest BCUT2D eigenvalue weighted by atomic mass is 9.89. The Balaban J connectivity index is 1.30. The molecule has 1 aliphatic rings. The highest BCUT2D eigenvalue weighted by Gasteiger charge is 2.25. The van der Waals surface area contributed by atoms with Gasteiger partial charge in [-0.25, -0.2) is 0 Å². The molecular formula is C23H22N4O2. The summed E-state index contributed by atoms with van der Waals surface area (Å²) >= 11 is 0.